The minimum Gasteiger partial charge on any atom is -0.350 e. The highest BCUT2D eigenvalue weighted by atomic mass is 19.1. The number of alkyl halides is 1. The number of hydrogen-bond donors (Lipinski definition) is 2. The summed E-state index contributed by atoms with van der Waals surface area (Å²) in [6.07, 6.45) is 7.10. The van der Waals surface area contributed by atoms with Gasteiger partial charge in [0.1, 0.15) is 12.2 Å². The number of rotatable bonds is 7. The van der Waals surface area contributed by atoms with E-state index in [0.29, 0.717) is 35.9 Å². The Labute approximate surface area is 201 Å². The zero-order valence-electron chi connectivity index (χ0n) is 19.6. The normalized spacial score (nSPS) is 26.1. The van der Waals surface area contributed by atoms with Crippen molar-refractivity contribution in [2.75, 3.05) is 13.1 Å². The van der Waals surface area contributed by atoms with Gasteiger partial charge in [0.15, 0.2) is 0 Å². The van der Waals surface area contributed by atoms with E-state index in [4.69, 9.17) is 0 Å². The number of likely N-dealkylation sites (tertiary alicyclic amines) is 1. The molecule has 5 rings (SSSR count). The average Bonchev–Trinajstić information content (AvgIpc) is 3.53. The van der Waals surface area contributed by atoms with E-state index in [1.165, 1.54) is 31.2 Å². The Morgan fingerprint density at radius 1 is 0.971 bits per heavy atom. The van der Waals surface area contributed by atoms with E-state index in [1.54, 1.807) is 24.3 Å². The Bertz CT molecular complexity index is 1020. The number of benzene rings is 2. The Balaban J connectivity index is 1.10. The van der Waals surface area contributed by atoms with Crippen molar-refractivity contribution in [3.63, 3.8) is 0 Å². The number of nitrogens with zero attached hydrogens (tertiary/aromatic N) is 1. The molecule has 3 fully saturated rings. The van der Waals surface area contributed by atoms with Gasteiger partial charge < -0.3 is 10.6 Å². The van der Waals surface area contributed by atoms with Crippen molar-refractivity contribution in [1.82, 2.24) is 15.5 Å². The van der Waals surface area contributed by atoms with Crippen LogP contribution in [0.5, 0.6) is 0 Å². The fourth-order valence-electron chi connectivity index (χ4n) is 5.68. The zero-order valence-corrected chi connectivity index (χ0v) is 19.6. The summed E-state index contributed by atoms with van der Waals surface area (Å²) in [5, 5.41) is 6.13. The molecule has 34 heavy (non-hydrogen) atoms. The van der Waals surface area contributed by atoms with E-state index < -0.39 is 12.2 Å². The Hall–Kier alpha value is -2.73. The molecule has 6 heteroatoms. The Morgan fingerprint density at radius 2 is 1.74 bits per heavy atom. The van der Waals surface area contributed by atoms with Gasteiger partial charge in [-0.15, -0.1) is 0 Å². The van der Waals surface area contributed by atoms with Crippen molar-refractivity contribution < 1.29 is 14.0 Å². The molecule has 2 N–H and O–H groups in total. The minimum absolute atomic E-state index is 0.0814. The molecule has 5 nitrogen and oxygen atoms in total. The van der Waals surface area contributed by atoms with Crippen molar-refractivity contribution in [2.24, 2.45) is 0 Å². The van der Waals surface area contributed by atoms with Gasteiger partial charge in [-0.05, 0) is 74.1 Å². The number of hydrogen-bond acceptors (Lipinski definition) is 3. The molecular weight excluding hydrogens is 429 g/mol. The van der Waals surface area contributed by atoms with Gasteiger partial charge in [-0.2, -0.15) is 0 Å². The van der Waals surface area contributed by atoms with Crippen LogP contribution in [-0.2, 0) is 11.5 Å². The number of carbonyl (C=O) groups is 2. The third kappa shape index (κ3) is 5.02. The van der Waals surface area contributed by atoms with E-state index in [2.05, 4.69) is 45.9 Å². The lowest BCUT2D eigenvalue weighted by molar-refractivity contribution is -0.124. The molecule has 0 unspecified atom stereocenters. The lowest BCUT2D eigenvalue weighted by atomic mass is 9.81. The monoisotopic (exact) mass is 463 g/mol. The van der Waals surface area contributed by atoms with Gasteiger partial charge in [-0.25, -0.2) is 4.39 Å². The first kappa shape index (κ1) is 23.0. The summed E-state index contributed by atoms with van der Waals surface area (Å²) in [7, 11) is 0. The molecule has 2 aromatic rings. The van der Waals surface area contributed by atoms with Crippen LogP contribution in [-0.4, -0.2) is 47.4 Å². The SMILES string of the molecule is O=C(NC1(C(=O)N[C@@H]2CCN(C3CCC(c4ccccc4)CC3)C2)CC1)c1cccc(CF)c1. The van der Waals surface area contributed by atoms with Crippen LogP contribution >= 0.6 is 0 Å². The first-order valence-corrected chi connectivity index (χ1v) is 12.6. The summed E-state index contributed by atoms with van der Waals surface area (Å²) < 4.78 is 12.9. The molecule has 0 spiro atoms. The van der Waals surface area contributed by atoms with E-state index >= 15 is 0 Å². The topological polar surface area (TPSA) is 61.4 Å². The summed E-state index contributed by atoms with van der Waals surface area (Å²) in [4.78, 5) is 28.3. The van der Waals surface area contributed by atoms with Crippen molar-refractivity contribution in [3.05, 3.63) is 71.3 Å². The van der Waals surface area contributed by atoms with Gasteiger partial charge >= 0.3 is 0 Å². The molecule has 2 amide bonds. The maximum atomic E-state index is 13.1. The maximum absolute atomic E-state index is 13.1. The molecule has 0 bridgehead atoms. The van der Waals surface area contributed by atoms with Gasteiger partial charge in [0.25, 0.3) is 5.91 Å². The highest BCUT2D eigenvalue weighted by Gasteiger charge is 2.52. The summed E-state index contributed by atoms with van der Waals surface area (Å²) in [5.74, 6) is 0.271. The predicted octanol–water partition coefficient (Wildman–Crippen LogP) is 4.34. The number of amides is 2. The molecular formula is C28H34FN3O2. The maximum Gasteiger partial charge on any atom is 0.252 e. The first-order chi connectivity index (χ1) is 16.6. The molecule has 1 aliphatic heterocycles. The van der Waals surface area contributed by atoms with Crippen LogP contribution in [0.2, 0.25) is 0 Å². The Morgan fingerprint density at radius 3 is 2.44 bits per heavy atom. The summed E-state index contributed by atoms with van der Waals surface area (Å²) in [6, 6.07) is 18.1. The largest absolute Gasteiger partial charge is 0.350 e. The van der Waals surface area contributed by atoms with Crippen LogP contribution in [0.4, 0.5) is 4.39 Å². The Kier molecular flexibility index (Phi) is 6.68. The molecule has 0 radical (unpaired) electrons. The molecule has 1 atom stereocenters. The van der Waals surface area contributed by atoms with Gasteiger partial charge in [-0.1, -0.05) is 42.5 Å². The van der Waals surface area contributed by atoms with Crippen molar-refractivity contribution in [3.8, 4) is 0 Å². The number of carbonyl (C=O) groups excluding carboxylic acids is 2. The highest BCUT2D eigenvalue weighted by Crippen LogP contribution is 2.37. The zero-order chi connectivity index (χ0) is 23.5. The van der Waals surface area contributed by atoms with Crippen LogP contribution in [0.3, 0.4) is 0 Å². The quantitative estimate of drug-likeness (QED) is 0.642. The van der Waals surface area contributed by atoms with Crippen LogP contribution in [0, 0.1) is 0 Å². The molecule has 0 aromatic heterocycles. The molecule has 2 aromatic carbocycles. The van der Waals surface area contributed by atoms with E-state index in [1.807, 2.05) is 0 Å². The van der Waals surface area contributed by atoms with Crippen molar-refractivity contribution in [2.45, 2.75) is 75.2 Å². The molecule has 1 heterocycles. The number of halogens is 1. The number of nitrogens with one attached hydrogen (secondary N) is 2. The summed E-state index contributed by atoms with van der Waals surface area (Å²) >= 11 is 0. The van der Waals surface area contributed by atoms with Crippen LogP contribution < -0.4 is 10.6 Å². The molecule has 2 saturated carbocycles. The third-order valence-corrected chi connectivity index (χ3v) is 7.92. The second kappa shape index (κ2) is 9.87. The predicted molar refractivity (Wildman–Crippen MR) is 130 cm³/mol. The van der Waals surface area contributed by atoms with Crippen LogP contribution in [0.1, 0.15) is 72.3 Å². The van der Waals surface area contributed by atoms with Gasteiger partial charge in [0.05, 0.1) is 0 Å². The van der Waals surface area contributed by atoms with E-state index in [0.717, 1.165) is 19.5 Å². The van der Waals surface area contributed by atoms with Crippen LogP contribution in [0.15, 0.2) is 54.6 Å². The fraction of sp³-hybridized carbons (Fsp3) is 0.500. The third-order valence-electron chi connectivity index (χ3n) is 7.92. The smallest absolute Gasteiger partial charge is 0.252 e. The van der Waals surface area contributed by atoms with Gasteiger partial charge in [0.2, 0.25) is 5.91 Å². The molecule has 1 saturated heterocycles. The second-order valence-electron chi connectivity index (χ2n) is 10.2. The standard InChI is InChI=1S/C28H34FN3O2/c29-18-20-5-4-8-23(17-20)26(33)31-28(14-15-28)27(34)30-24-13-16-32(19-24)25-11-9-22(10-12-25)21-6-2-1-3-7-21/h1-8,17,22,24-25H,9-16,18-19H2,(H,30,34)(H,31,33)/t22?,24-,25?/m1/s1. The molecule has 3 aliphatic rings. The fourth-order valence-corrected chi connectivity index (χ4v) is 5.68. The van der Waals surface area contributed by atoms with Gasteiger partial charge in [-0.3, -0.25) is 14.5 Å². The highest BCUT2D eigenvalue weighted by molar-refractivity contribution is 6.00. The lowest BCUT2D eigenvalue weighted by Crippen LogP contribution is -2.52. The minimum atomic E-state index is -0.816. The summed E-state index contributed by atoms with van der Waals surface area (Å²) in [5.41, 5.74) is 1.50. The van der Waals surface area contributed by atoms with E-state index in [-0.39, 0.29) is 17.9 Å². The van der Waals surface area contributed by atoms with Gasteiger partial charge in [0, 0.05) is 30.7 Å². The lowest BCUT2D eigenvalue weighted by Gasteiger charge is -2.35. The van der Waals surface area contributed by atoms with Crippen molar-refractivity contribution in [1.29, 1.82) is 0 Å². The summed E-state index contributed by atoms with van der Waals surface area (Å²) in [6.45, 7) is 1.29. The second-order valence-corrected chi connectivity index (χ2v) is 10.2. The molecule has 180 valence electrons. The van der Waals surface area contributed by atoms with Crippen LogP contribution in [0.25, 0.3) is 0 Å². The van der Waals surface area contributed by atoms with Crippen molar-refractivity contribution >= 4 is 11.8 Å². The average molecular weight is 464 g/mol. The first-order valence-electron chi connectivity index (χ1n) is 12.6. The molecule has 2 aliphatic carbocycles. The van der Waals surface area contributed by atoms with E-state index in [9.17, 15) is 14.0 Å².